The highest BCUT2D eigenvalue weighted by atomic mass is 16.2. The number of aromatic nitrogens is 2. The van der Waals surface area contributed by atoms with E-state index in [0.717, 1.165) is 16.2 Å². The number of carbonyl (C=O) groups excluding carboxylic acids is 3. The van der Waals surface area contributed by atoms with Crippen LogP contribution in [-0.4, -0.2) is 38.6 Å². The smallest absolute Gasteiger partial charge is 0.261 e. The highest BCUT2D eigenvalue weighted by Crippen LogP contribution is 2.22. The van der Waals surface area contributed by atoms with Crippen molar-refractivity contribution < 1.29 is 14.4 Å². The fourth-order valence-corrected chi connectivity index (χ4v) is 3.01. The van der Waals surface area contributed by atoms with E-state index in [1.807, 2.05) is 35.0 Å². The molecule has 7 nitrogen and oxygen atoms in total. The zero-order valence-corrected chi connectivity index (χ0v) is 13.9. The summed E-state index contributed by atoms with van der Waals surface area (Å²) in [5, 5.41) is 2.77. The van der Waals surface area contributed by atoms with Crippen LogP contribution in [0.4, 0.5) is 0 Å². The van der Waals surface area contributed by atoms with E-state index in [-0.39, 0.29) is 30.7 Å². The van der Waals surface area contributed by atoms with Crippen LogP contribution in [-0.2, 0) is 11.3 Å². The normalized spacial score (nSPS) is 13.3. The second-order valence-electron chi connectivity index (χ2n) is 6.03. The second-order valence-corrected chi connectivity index (χ2v) is 6.03. The van der Waals surface area contributed by atoms with Gasteiger partial charge in [-0.2, -0.15) is 0 Å². The summed E-state index contributed by atoms with van der Waals surface area (Å²) in [6, 6.07) is 12.4. The predicted octanol–water partition coefficient (Wildman–Crippen LogP) is 1.64. The molecule has 0 saturated heterocycles. The van der Waals surface area contributed by atoms with Crippen molar-refractivity contribution >= 4 is 23.4 Å². The van der Waals surface area contributed by atoms with Crippen molar-refractivity contribution in [2.24, 2.45) is 0 Å². The number of amides is 3. The summed E-state index contributed by atoms with van der Waals surface area (Å²) in [7, 11) is 0. The summed E-state index contributed by atoms with van der Waals surface area (Å²) in [6.45, 7) is 0.353. The van der Waals surface area contributed by atoms with E-state index in [9.17, 15) is 14.4 Å². The number of nitrogens with one attached hydrogen (secondary N) is 1. The average Bonchev–Trinajstić information content (AvgIpc) is 3.18. The summed E-state index contributed by atoms with van der Waals surface area (Å²) in [6.07, 6.45) is 3.79. The molecule has 1 N–H and O–H groups in total. The molecule has 2 aromatic heterocycles. The molecular formula is C19H16N4O3. The van der Waals surface area contributed by atoms with Gasteiger partial charge in [0.05, 0.1) is 23.4 Å². The largest absolute Gasteiger partial charge is 0.350 e. The molecule has 4 rings (SSSR count). The van der Waals surface area contributed by atoms with Crippen molar-refractivity contribution in [1.82, 2.24) is 19.6 Å². The number of hydrogen-bond acceptors (Lipinski definition) is 4. The Balaban J connectivity index is 1.33. The molecule has 0 bridgehead atoms. The zero-order valence-electron chi connectivity index (χ0n) is 13.9. The molecule has 0 unspecified atom stereocenters. The number of rotatable bonds is 5. The molecule has 1 aliphatic rings. The molecule has 0 spiro atoms. The lowest BCUT2D eigenvalue weighted by Gasteiger charge is -2.13. The Labute approximate surface area is 149 Å². The van der Waals surface area contributed by atoms with Crippen molar-refractivity contribution in [3.63, 3.8) is 0 Å². The number of pyridine rings is 1. The summed E-state index contributed by atoms with van der Waals surface area (Å²) in [5.74, 6) is -0.934. The van der Waals surface area contributed by atoms with Crippen molar-refractivity contribution in [3.8, 4) is 0 Å². The van der Waals surface area contributed by atoms with Crippen LogP contribution >= 0.6 is 0 Å². The Bertz CT molecular complexity index is 956. The van der Waals surface area contributed by atoms with Crippen LogP contribution < -0.4 is 5.32 Å². The lowest BCUT2D eigenvalue weighted by atomic mass is 10.1. The summed E-state index contributed by atoms with van der Waals surface area (Å²) < 4.78 is 1.88. The van der Waals surface area contributed by atoms with Crippen LogP contribution in [0.3, 0.4) is 0 Å². The Morgan fingerprint density at radius 2 is 1.69 bits per heavy atom. The van der Waals surface area contributed by atoms with Gasteiger partial charge in [-0.15, -0.1) is 0 Å². The van der Waals surface area contributed by atoms with E-state index in [1.54, 1.807) is 24.3 Å². The molecule has 26 heavy (non-hydrogen) atoms. The van der Waals surface area contributed by atoms with E-state index < -0.39 is 0 Å². The fourth-order valence-electron chi connectivity index (χ4n) is 3.01. The predicted molar refractivity (Wildman–Crippen MR) is 93.5 cm³/mol. The standard InChI is InChI=1S/C19H16N4O3/c24-17(20-11-13-12-22-9-4-3-7-16(22)21-13)8-10-23-18(25)14-5-1-2-6-15(14)19(23)26/h1-7,9,12H,8,10-11H2,(H,20,24). The molecule has 0 atom stereocenters. The van der Waals surface area contributed by atoms with Crippen LogP contribution in [0.15, 0.2) is 54.9 Å². The van der Waals surface area contributed by atoms with Gasteiger partial charge in [0.1, 0.15) is 5.65 Å². The maximum Gasteiger partial charge on any atom is 0.261 e. The molecule has 3 amide bonds. The van der Waals surface area contributed by atoms with Crippen molar-refractivity contribution in [2.75, 3.05) is 6.54 Å². The van der Waals surface area contributed by atoms with Gasteiger partial charge in [-0.3, -0.25) is 19.3 Å². The average molecular weight is 348 g/mol. The van der Waals surface area contributed by atoms with Gasteiger partial charge in [0.2, 0.25) is 5.91 Å². The van der Waals surface area contributed by atoms with Crippen molar-refractivity contribution in [2.45, 2.75) is 13.0 Å². The molecule has 0 saturated carbocycles. The van der Waals surface area contributed by atoms with E-state index in [2.05, 4.69) is 10.3 Å². The molecule has 0 fully saturated rings. The van der Waals surface area contributed by atoms with Crippen LogP contribution in [0.5, 0.6) is 0 Å². The lowest BCUT2D eigenvalue weighted by Crippen LogP contribution is -2.34. The van der Waals surface area contributed by atoms with Crippen molar-refractivity contribution in [1.29, 1.82) is 0 Å². The monoisotopic (exact) mass is 348 g/mol. The minimum absolute atomic E-state index is 0.0544. The highest BCUT2D eigenvalue weighted by molar-refractivity contribution is 6.21. The first-order valence-electron chi connectivity index (χ1n) is 8.28. The first-order valence-corrected chi connectivity index (χ1v) is 8.28. The van der Waals surface area contributed by atoms with Gasteiger partial charge in [0, 0.05) is 25.4 Å². The minimum atomic E-state index is -0.348. The number of fused-ring (bicyclic) bond motifs is 2. The Morgan fingerprint density at radius 3 is 2.38 bits per heavy atom. The third-order valence-electron chi connectivity index (χ3n) is 4.32. The van der Waals surface area contributed by atoms with Gasteiger partial charge < -0.3 is 9.72 Å². The molecule has 0 radical (unpaired) electrons. The highest BCUT2D eigenvalue weighted by Gasteiger charge is 2.34. The number of nitrogens with zero attached hydrogens (tertiary/aromatic N) is 3. The second kappa shape index (κ2) is 6.44. The van der Waals surface area contributed by atoms with Crippen LogP contribution in [0, 0.1) is 0 Å². The van der Waals surface area contributed by atoms with Gasteiger partial charge in [0.15, 0.2) is 0 Å². The Kier molecular flexibility index (Phi) is 3.96. The maximum absolute atomic E-state index is 12.3. The number of imide groups is 1. The quantitative estimate of drug-likeness (QED) is 0.711. The zero-order chi connectivity index (χ0) is 18.1. The van der Waals surface area contributed by atoms with Gasteiger partial charge >= 0.3 is 0 Å². The number of hydrogen-bond donors (Lipinski definition) is 1. The van der Waals surface area contributed by atoms with Crippen LogP contribution in [0.1, 0.15) is 32.8 Å². The van der Waals surface area contributed by atoms with Gasteiger partial charge in [0.25, 0.3) is 11.8 Å². The maximum atomic E-state index is 12.3. The van der Waals surface area contributed by atoms with E-state index in [0.29, 0.717) is 17.7 Å². The molecule has 7 heteroatoms. The molecule has 3 aromatic rings. The Hall–Kier alpha value is -3.48. The van der Waals surface area contributed by atoms with Crippen molar-refractivity contribution in [3.05, 3.63) is 71.7 Å². The fraction of sp³-hybridized carbons (Fsp3) is 0.158. The number of benzene rings is 1. The minimum Gasteiger partial charge on any atom is -0.350 e. The lowest BCUT2D eigenvalue weighted by molar-refractivity contribution is -0.121. The van der Waals surface area contributed by atoms with Crippen LogP contribution in [0.2, 0.25) is 0 Å². The topological polar surface area (TPSA) is 83.8 Å². The van der Waals surface area contributed by atoms with Gasteiger partial charge in [-0.25, -0.2) is 4.98 Å². The Morgan fingerprint density at radius 1 is 1.00 bits per heavy atom. The third kappa shape index (κ3) is 2.83. The first-order chi connectivity index (χ1) is 12.6. The summed E-state index contributed by atoms with van der Waals surface area (Å²) in [4.78, 5) is 42.1. The van der Waals surface area contributed by atoms with E-state index in [1.165, 1.54) is 0 Å². The first kappa shape index (κ1) is 16.0. The van der Waals surface area contributed by atoms with Gasteiger partial charge in [-0.05, 0) is 24.3 Å². The van der Waals surface area contributed by atoms with Crippen LogP contribution in [0.25, 0.3) is 5.65 Å². The molecule has 1 aliphatic heterocycles. The number of imidazole rings is 1. The van der Waals surface area contributed by atoms with Gasteiger partial charge in [-0.1, -0.05) is 18.2 Å². The molecule has 3 heterocycles. The third-order valence-corrected chi connectivity index (χ3v) is 4.32. The summed E-state index contributed by atoms with van der Waals surface area (Å²) >= 11 is 0. The SMILES string of the molecule is O=C(CCN1C(=O)c2ccccc2C1=O)NCc1cn2ccccc2n1. The molecule has 1 aromatic carbocycles. The molecular weight excluding hydrogens is 332 g/mol. The summed E-state index contributed by atoms with van der Waals surface area (Å²) in [5.41, 5.74) is 2.33. The van der Waals surface area contributed by atoms with E-state index in [4.69, 9.17) is 0 Å². The van der Waals surface area contributed by atoms with E-state index >= 15 is 0 Å². The molecule has 0 aliphatic carbocycles. The number of carbonyl (C=O) groups is 3. The molecule has 130 valence electrons.